The molecule has 18 heavy (non-hydrogen) atoms. The van der Waals surface area contributed by atoms with Crippen molar-refractivity contribution in [2.45, 2.75) is 33.4 Å². The minimum absolute atomic E-state index is 0.316. The van der Waals surface area contributed by atoms with E-state index in [1.165, 1.54) is 11.1 Å². The van der Waals surface area contributed by atoms with Crippen LogP contribution in [0.4, 0.5) is 0 Å². The van der Waals surface area contributed by atoms with Gasteiger partial charge in [0, 0.05) is 28.3 Å². The van der Waals surface area contributed by atoms with E-state index in [1.807, 2.05) is 13.0 Å². The number of aromatic nitrogens is 2. The zero-order chi connectivity index (χ0) is 13.1. The summed E-state index contributed by atoms with van der Waals surface area (Å²) in [5, 5.41) is 10.7. The number of nitrogens with one attached hydrogen (secondary N) is 2. The minimum Gasteiger partial charge on any atom is -0.306 e. The summed E-state index contributed by atoms with van der Waals surface area (Å²) in [6.07, 6.45) is 0. The van der Waals surface area contributed by atoms with E-state index in [-0.39, 0.29) is 0 Å². The topological polar surface area (TPSA) is 40.7 Å². The van der Waals surface area contributed by atoms with Crippen molar-refractivity contribution in [1.82, 2.24) is 15.5 Å². The molecule has 0 aliphatic heterocycles. The molecule has 0 spiro atoms. The van der Waals surface area contributed by atoms with Gasteiger partial charge in [0.25, 0.3) is 0 Å². The van der Waals surface area contributed by atoms with Crippen LogP contribution in [0.25, 0.3) is 0 Å². The molecule has 3 nitrogen and oxygen atoms in total. The molecule has 0 radical (unpaired) electrons. The lowest BCUT2D eigenvalue weighted by Gasteiger charge is -2.14. The molecule has 0 aliphatic carbocycles. The number of nitrogens with zero attached hydrogens (tertiary/aromatic N) is 1. The van der Waals surface area contributed by atoms with E-state index in [2.05, 4.69) is 63.5 Å². The number of hydrogen-bond acceptors (Lipinski definition) is 2. The monoisotopic (exact) mass is 307 g/mol. The molecule has 1 aromatic heterocycles. The van der Waals surface area contributed by atoms with Crippen LogP contribution in [0.3, 0.4) is 0 Å². The molecule has 0 fully saturated rings. The summed E-state index contributed by atoms with van der Waals surface area (Å²) >= 11 is 3.50. The van der Waals surface area contributed by atoms with E-state index in [4.69, 9.17) is 0 Å². The van der Waals surface area contributed by atoms with Gasteiger partial charge in [0.15, 0.2) is 0 Å². The Kier molecular flexibility index (Phi) is 4.19. The number of hydrogen-bond donors (Lipinski definition) is 2. The number of benzene rings is 1. The van der Waals surface area contributed by atoms with Crippen molar-refractivity contribution in [1.29, 1.82) is 0 Å². The average Bonchev–Trinajstić information content (AvgIpc) is 2.66. The van der Waals surface area contributed by atoms with E-state index in [0.717, 1.165) is 22.4 Å². The van der Waals surface area contributed by atoms with Gasteiger partial charge < -0.3 is 5.32 Å². The van der Waals surface area contributed by atoms with Gasteiger partial charge in [-0.25, -0.2) is 0 Å². The number of aryl methyl sites for hydroxylation is 2. The van der Waals surface area contributed by atoms with Gasteiger partial charge in [-0.1, -0.05) is 28.1 Å². The van der Waals surface area contributed by atoms with Gasteiger partial charge >= 0.3 is 0 Å². The highest BCUT2D eigenvalue weighted by atomic mass is 79.9. The lowest BCUT2D eigenvalue weighted by Crippen LogP contribution is -2.18. The standard InChI is InChI=1S/C14H18BrN3/c1-9(12-5-4-6-13(15)7-12)16-8-14-10(2)17-18-11(14)3/h4-7,9,16H,8H2,1-3H3,(H,17,18). The van der Waals surface area contributed by atoms with Gasteiger partial charge in [-0.15, -0.1) is 0 Å². The summed E-state index contributed by atoms with van der Waals surface area (Å²) in [7, 11) is 0. The van der Waals surface area contributed by atoms with Crippen molar-refractivity contribution >= 4 is 15.9 Å². The van der Waals surface area contributed by atoms with Crippen LogP contribution in [-0.2, 0) is 6.54 Å². The van der Waals surface area contributed by atoms with E-state index < -0.39 is 0 Å². The number of rotatable bonds is 4. The lowest BCUT2D eigenvalue weighted by atomic mass is 10.1. The van der Waals surface area contributed by atoms with Gasteiger partial charge in [0.2, 0.25) is 0 Å². The summed E-state index contributed by atoms with van der Waals surface area (Å²) in [5.74, 6) is 0. The zero-order valence-corrected chi connectivity index (χ0v) is 12.5. The van der Waals surface area contributed by atoms with E-state index in [0.29, 0.717) is 6.04 Å². The van der Waals surface area contributed by atoms with Gasteiger partial charge in [-0.2, -0.15) is 5.10 Å². The van der Waals surface area contributed by atoms with Crippen LogP contribution in [-0.4, -0.2) is 10.2 Å². The molecule has 1 heterocycles. The quantitative estimate of drug-likeness (QED) is 0.905. The third-order valence-corrected chi connectivity index (χ3v) is 3.71. The van der Waals surface area contributed by atoms with E-state index in [1.54, 1.807) is 0 Å². The predicted octanol–water partition coefficient (Wildman–Crippen LogP) is 3.64. The summed E-state index contributed by atoms with van der Waals surface area (Å²) < 4.78 is 1.12. The zero-order valence-electron chi connectivity index (χ0n) is 10.9. The second kappa shape index (κ2) is 5.67. The number of aromatic amines is 1. The number of H-pyrrole nitrogens is 1. The highest BCUT2D eigenvalue weighted by Crippen LogP contribution is 2.19. The average molecular weight is 308 g/mol. The summed E-state index contributed by atoms with van der Waals surface area (Å²) in [6, 6.07) is 8.70. The summed E-state index contributed by atoms with van der Waals surface area (Å²) in [6.45, 7) is 7.10. The molecule has 1 atom stereocenters. The second-order valence-corrected chi connectivity index (χ2v) is 5.49. The maximum Gasteiger partial charge on any atom is 0.0638 e. The highest BCUT2D eigenvalue weighted by Gasteiger charge is 2.09. The normalized spacial score (nSPS) is 12.7. The van der Waals surface area contributed by atoms with Gasteiger partial charge in [-0.3, -0.25) is 5.10 Å². The van der Waals surface area contributed by atoms with Crippen LogP contribution in [0.15, 0.2) is 28.7 Å². The maximum absolute atomic E-state index is 4.21. The Labute approximate surface area is 116 Å². The molecule has 2 rings (SSSR count). The van der Waals surface area contributed by atoms with Crippen molar-refractivity contribution in [2.75, 3.05) is 0 Å². The Bertz CT molecular complexity index is 514. The predicted molar refractivity (Wildman–Crippen MR) is 77.5 cm³/mol. The smallest absolute Gasteiger partial charge is 0.0638 e. The lowest BCUT2D eigenvalue weighted by molar-refractivity contribution is 0.572. The molecule has 1 aromatic carbocycles. The first-order chi connectivity index (χ1) is 8.58. The SMILES string of the molecule is Cc1n[nH]c(C)c1CNC(C)c1cccc(Br)c1. The summed E-state index contributed by atoms with van der Waals surface area (Å²) in [5.41, 5.74) is 4.75. The third kappa shape index (κ3) is 3.00. The van der Waals surface area contributed by atoms with Crippen molar-refractivity contribution in [3.63, 3.8) is 0 Å². The second-order valence-electron chi connectivity index (χ2n) is 4.57. The minimum atomic E-state index is 0.316. The number of halogens is 1. The highest BCUT2D eigenvalue weighted by molar-refractivity contribution is 9.10. The van der Waals surface area contributed by atoms with Crippen LogP contribution in [0.5, 0.6) is 0 Å². The fourth-order valence-electron chi connectivity index (χ4n) is 1.98. The molecule has 0 bridgehead atoms. The molecule has 2 aromatic rings. The maximum atomic E-state index is 4.21. The Balaban J connectivity index is 2.02. The largest absolute Gasteiger partial charge is 0.306 e. The molecule has 96 valence electrons. The van der Waals surface area contributed by atoms with Crippen LogP contribution < -0.4 is 5.32 Å². The van der Waals surface area contributed by atoms with E-state index >= 15 is 0 Å². The molecule has 0 amide bonds. The van der Waals surface area contributed by atoms with Crippen molar-refractivity contribution in [3.05, 3.63) is 51.3 Å². The first-order valence-corrected chi connectivity index (χ1v) is 6.86. The molecule has 0 saturated carbocycles. The Morgan fingerprint density at radius 1 is 1.39 bits per heavy atom. The van der Waals surface area contributed by atoms with Crippen LogP contribution in [0.1, 0.15) is 35.5 Å². The Morgan fingerprint density at radius 3 is 2.78 bits per heavy atom. The molecule has 0 saturated heterocycles. The van der Waals surface area contributed by atoms with Crippen LogP contribution >= 0.6 is 15.9 Å². The third-order valence-electron chi connectivity index (χ3n) is 3.21. The Morgan fingerprint density at radius 2 is 2.17 bits per heavy atom. The fraction of sp³-hybridized carbons (Fsp3) is 0.357. The van der Waals surface area contributed by atoms with E-state index in [9.17, 15) is 0 Å². The molecule has 2 N–H and O–H groups in total. The Hall–Kier alpha value is -1.13. The fourth-order valence-corrected chi connectivity index (χ4v) is 2.40. The molecule has 0 aliphatic rings. The van der Waals surface area contributed by atoms with Crippen LogP contribution in [0.2, 0.25) is 0 Å². The van der Waals surface area contributed by atoms with Crippen molar-refractivity contribution in [3.8, 4) is 0 Å². The van der Waals surface area contributed by atoms with Gasteiger partial charge in [0.05, 0.1) is 5.69 Å². The molecular formula is C14H18BrN3. The van der Waals surface area contributed by atoms with Gasteiger partial charge in [-0.05, 0) is 38.5 Å². The van der Waals surface area contributed by atoms with Crippen LogP contribution in [0, 0.1) is 13.8 Å². The molecular weight excluding hydrogens is 290 g/mol. The molecule has 4 heteroatoms. The van der Waals surface area contributed by atoms with Crippen molar-refractivity contribution in [2.24, 2.45) is 0 Å². The first kappa shape index (κ1) is 13.3. The summed E-state index contributed by atoms with van der Waals surface area (Å²) in [4.78, 5) is 0. The molecule has 1 unspecified atom stereocenters. The first-order valence-electron chi connectivity index (χ1n) is 6.07. The van der Waals surface area contributed by atoms with Gasteiger partial charge in [0.1, 0.15) is 0 Å². The van der Waals surface area contributed by atoms with Crippen molar-refractivity contribution < 1.29 is 0 Å².